The van der Waals surface area contributed by atoms with Gasteiger partial charge in [-0.15, -0.1) is 0 Å². The molecule has 0 saturated heterocycles. The Balaban J connectivity index is 1.54. The number of methoxy groups -OCH3 is 1. The van der Waals surface area contributed by atoms with E-state index in [0.29, 0.717) is 0 Å². The van der Waals surface area contributed by atoms with E-state index < -0.39 is 0 Å². The number of aromatic nitrogens is 1. The largest absolute Gasteiger partial charge is 0.497 e. The fraction of sp³-hybridized carbons (Fsp3) is 0.333. The van der Waals surface area contributed by atoms with Gasteiger partial charge in [0.05, 0.1) is 12.8 Å². The smallest absolute Gasteiger partial charge is 0.248 e. The molecule has 0 fully saturated rings. The van der Waals surface area contributed by atoms with Gasteiger partial charge in [-0.1, -0.05) is 12.1 Å². The maximum Gasteiger partial charge on any atom is 0.248 e. The number of pyridine rings is 1. The fourth-order valence-electron chi connectivity index (χ4n) is 3.79. The summed E-state index contributed by atoms with van der Waals surface area (Å²) in [4.78, 5) is 17.3. The summed E-state index contributed by atoms with van der Waals surface area (Å²) in [7, 11) is 1.64. The van der Waals surface area contributed by atoms with Crippen molar-refractivity contribution >= 4 is 17.7 Å². The number of ether oxygens (including phenoxy) is 1. The van der Waals surface area contributed by atoms with Gasteiger partial charge in [0, 0.05) is 17.5 Å². The Kier molecular flexibility index (Phi) is 4.26. The van der Waals surface area contributed by atoms with Crippen molar-refractivity contribution in [2.24, 2.45) is 0 Å². The Bertz CT molecular complexity index is 806. The number of carbonyl (C=O) groups is 1. The van der Waals surface area contributed by atoms with Gasteiger partial charge in [0.1, 0.15) is 5.75 Å². The summed E-state index contributed by atoms with van der Waals surface area (Å²) in [5.41, 5.74) is 6.91. The van der Waals surface area contributed by atoms with E-state index in [2.05, 4.69) is 5.32 Å². The molecule has 2 aromatic rings. The molecular formula is C21H22N2O2. The highest BCUT2D eigenvalue weighted by atomic mass is 16.5. The van der Waals surface area contributed by atoms with Gasteiger partial charge in [-0.05, 0) is 73.4 Å². The van der Waals surface area contributed by atoms with Crippen molar-refractivity contribution < 1.29 is 9.53 Å². The van der Waals surface area contributed by atoms with E-state index in [1.54, 1.807) is 13.2 Å². The van der Waals surface area contributed by atoms with E-state index in [1.165, 1.54) is 22.5 Å². The lowest BCUT2D eigenvalue weighted by atomic mass is 10.1. The first-order chi connectivity index (χ1) is 12.2. The van der Waals surface area contributed by atoms with E-state index in [0.717, 1.165) is 55.5 Å². The van der Waals surface area contributed by atoms with Crippen molar-refractivity contribution in [3.05, 3.63) is 58.4 Å². The molecule has 4 heteroatoms. The van der Waals surface area contributed by atoms with Gasteiger partial charge >= 0.3 is 0 Å². The molecule has 0 aliphatic heterocycles. The highest BCUT2D eigenvalue weighted by Crippen LogP contribution is 2.36. The van der Waals surface area contributed by atoms with Crippen LogP contribution in [0.25, 0.3) is 6.08 Å². The third kappa shape index (κ3) is 3.16. The molecule has 1 N–H and O–H groups in total. The molecule has 2 aliphatic rings. The normalized spacial score (nSPS) is 15.2. The number of anilines is 1. The lowest BCUT2D eigenvalue weighted by Gasteiger charge is -2.14. The third-order valence-electron chi connectivity index (χ3n) is 5.04. The predicted octanol–water partition coefficient (Wildman–Crippen LogP) is 3.72. The number of benzene rings is 1. The van der Waals surface area contributed by atoms with Crippen LogP contribution in [0.15, 0.2) is 30.3 Å². The lowest BCUT2D eigenvalue weighted by molar-refractivity contribution is -0.111. The van der Waals surface area contributed by atoms with Crippen LogP contribution in [0.2, 0.25) is 0 Å². The van der Waals surface area contributed by atoms with Gasteiger partial charge in [0.25, 0.3) is 0 Å². The second-order valence-electron chi connectivity index (χ2n) is 6.64. The second kappa shape index (κ2) is 6.71. The Labute approximate surface area is 147 Å². The summed E-state index contributed by atoms with van der Waals surface area (Å²) in [6.07, 6.45) is 9.81. The van der Waals surface area contributed by atoms with Crippen LogP contribution in [0.1, 0.15) is 40.9 Å². The zero-order chi connectivity index (χ0) is 17.2. The number of aryl methyl sites for hydroxylation is 2. The second-order valence-corrected chi connectivity index (χ2v) is 6.64. The number of hydrogen-bond donors (Lipinski definition) is 1. The molecule has 4 rings (SSSR count). The number of nitrogens with zero attached hydrogens (tertiary/aromatic N) is 1. The molecule has 1 heterocycles. The van der Waals surface area contributed by atoms with E-state index >= 15 is 0 Å². The van der Waals surface area contributed by atoms with Crippen molar-refractivity contribution in [1.82, 2.24) is 4.98 Å². The molecule has 0 bridgehead atoms. The maximum absolute atomic E-state index is 12.5. The molecule has 0 saturated carbocycles. The van der Waals surface area contributed by atoms with Crippen molar-refractivity contribution in [1.29, 1.82) is 0 Å². The first kappa shape index (κ1) is 15.9. The average Bonchev–Trinajstić information content (AvgIpc) is 3.29. The number of amides is 1. The highest BCUT2D eigenvalue weighted by Gasteiger charge is 2.25. The minimum atomic E-state index is -0.0785. The van der Waals surface area contributed by atoms with Crippen LogP contribution in [0.5, 0.6) is 5.75 Å². The van der Waals surface area contributed by atoms with Crippen LogP contribution >= 0.6 is 0 Å². The van der Waals surface area contributed by atoms with Gasteiger partial charge in [0.15, 0.2) is 0 Å². The minimum Gasteiger partial charge on any atom is -0.497 e. The van der Waals surface area contributed by atoms with Gasteiger partial charge in [-0.2, -0.15) is 0 Å². The zero-order valence-corrected chi connectivity index (χ0v) is 14.5. The molecule has 128 valence electrons. The number of hydrogen-bond acceptors (Lipinski definition) is 3. The Morgan fingerprint density at radius 1 is 1.04 bits per heavy atom. The summed E-state index contributed by atoms with van der Waals surface area (Å²) >= 11 is 0. The minimum absolute atomic E-state index is 0.0785. The van der Waals surface area contributed by atoms with E-state index in [4.69, 9.17) is 9.72 Å². The van der Waals surface area contributed by atoms with Crippen molar-refractivity contribution in [3.63, 3.8) is 0 Å². The monoisotopic (exact) mass is 334 g/mol. The molecular weight excluding hydrogens is 312 g/mol. The number of fused-ring (bicyclic) bond motifs is 2. The Morgan fingerprint density at radius 3 is 2.28 bits per heavy atom. The number of rotatable bonds is 4. The van der Waals surface area contributed by atoms with Crippen LogP contribution < -0.4 is 10.1 Å². The predicted molar refractivity (Wildman–Crippen MR) is 98.9 cm³/mol. The van der Waals surface area contributed by atoms with Crippen LogP contribution in [0.4, 0.5) is 5.69 Å². The molecule has 1 amide bonds. The third-order valence-corrected chi connectivity index (χ3v) is 5.04. The van der Waals surface area contributed by atoms with E-state index in [9.17, 15) is 4.79 Å². The molecule has 1 aromatic carbocycles. The molecule has 0 unspecified atom stereocenters. The Hall–Kier alpha value is -2.62. The molecule has 1 aromatic heterocycles. The van der Waals surface area contributed by atoms with Gasteiger partial charge in [0.2, 0.25) is 5.91 Å². The average molecular weight is 334 g/mol. The van der Waals surface area contributed by atoms with Gasteiger partial charge < -0.3 is 10.1 Å². The van der Waals surface area contributed by atoms with E-state index in [1.807, 2.05) is 30.3 Å². The van der Waals surface area contributed by atoms with Crippen LogP contribution in [-0.4, -0.2) is 18.0 Å². The summed E-state index contributed by atoms with van der Waals surface area (Å²) in [5, 5.41) is 3.15. The van der Waals surface area contributed by atoms with Crippen LogP contribution in [-0.2, 0) is 30.5 Å². The van der Waals surface area contributed by atoms with Gasteiger partial charge in [-0.25, -0.2) is 0 Å². The molecule has 2 aliphatic carbocycles. The molecule has 25 heavy (non-hydrogen) atoms. The molecule has 0 spiro atoms. The summed E-state index contributed by atoms with van der Waals surface area (Å²) in [5.74, 6) is 0.731. The summed E-state index contributed by atoms with van der Waals surface area (Å²) in [6.45, 7) is 0. The van der Waals surface area contributed by atoms with Crippen molar-refractivity contribution in [3.8, 4) is 5.75 Å². The topological polar surface area (TPSA) is 51.2 Å². The lowest BCUT2D eigenvalue weighted by Crippen LogP contribution is -2.13. The first-order valence-electron chi connectivity index (χ1n) is 8.91. The quantitative estimate of drug-likeness (QED) is 0.867. The first-order valence-corrected chi connectivity index (χ1v) is 8.91. The van der Waals surface area contributed by atoms with E-state index in [-0.39, 0.29) is 5.91 Å². The van der Waals surface area contributed by atoms with Gasteiger partial charge in [-0.3, -0.25) is 9.78 Å². The zero-order valence-electron chi connectivity index (χ0n) is 14.5. The standard InChI is InChI=1S/C21H22N2O2/c1-25-15-11-8-14(9-12-15)10-13-20(24)23-21-16-4-2-6-18(16)22-19-7-3-5-17(19)21/h8-13H,2-7H2,1H3,(H,22,23,24). The van der Waals surface area contributed by atoms with Crippen LogP contribution in [0.3, 0.4) is 0 Å². The number of carbonyl (C=O) groups excluding carboxylic acids is 1. The van der Waals surface area contributed by atoms with Crippen molar-refractivity contribution in [2.45, 2.75) is 38.5 Å². The molecule has 0 atom stereocenters. The van der Waals surface area contributed by atoms with Crippen molar-refractivity contribution in [2.75, 3.05) is 12.4 Å². The molecule has 4 nitrogen and oxygen atoms in total. The summed E-state index contributed by atoms with van der Waals surface area (Å²) in [6, 6.07) is 7.65. The Morgan fingerprint density at radius 2 is 1.68 bits per heavy atom. The number of nitrogens with one attached hydrogen (secondary N) is 1. The summed E-state index contributed by atoms with van der Waals surface area (Å²) < 4.78 is 5.15. The fourth-order valence-corrected chi connectivity index (χ4v) is 3.79. The maximum atomic E-state index is 12.5. The highest BCUT2D eigenvalue weighted by molar-refractivity contribution is 6.03. The van der Waals surface area contributed by atoms with Crippen LogP contribution in [0, 0.1) is 0 Å². The molecule has 0 radical (unpaired) electrons. The SMILES string of the molecule is COc1ccc(C=CC(=O)Nc2c3c(nc4c2CCC4)CCC3)cc1.